The van der Waals surface area contributed by atoms with Gasteiger partial charge in [0.2, 0.25) is 0 Å². The molecule has 19 heavy (non-hydrogen) atoms. The van der Waals surface area contributed by atoms with Crippen LogP contribution in [0, 0.1) is 5.92 Å². The van der Waals surface area contributed by atoms with E-state index in [-0.39, 0.29) is 0 Å². The number of hydrogen-bond donors (Lipinski definition) is 1. The van der Waals surface area contributed by atoms with Gasteiger partial charge in [-0.05, 0) is 38.1 Å². The van der Waals surface area contributed by atoms with Crippen LogP contribution in [0.1, 0.15) is 51.1 Å². The van der Waals surface area contributed by atoms with E-state index in [9.17, 15) is 0 Å². The number of thiazole rings is 1. The van der Waals surface area contributed by atoms with Crippen molar-refractivity contribution in [2.75, 3.05) is 18.0 Å². The molecule has 0 unspecified atom stereocenters. The lowest BCUT2D eigenvalue weighted by Crippen LogP contribution is -2.46. The summed E-state index contributed by atoms with van der Waals surface area (Å²) in [6, 6.07) is 0.778. The number of nitrogens with one attached hydrogen (secondary N) is 1. The summed E-state index contributed by atoms with van der Waals surface area (Å²) in [6.07, 6.45) is 8.47. The van der Waals surface area contributed by atoms with E-state index in [1.807, 2.05) is 11.3 Å². The zero-order valence-electron chi connectivity index (χ0n) is 11.9. The topological polar surface area (TPSA) is 28.2 Å². The van der Waals surface area contributed by atoms with E-state index in [4.69, 9.17) is 4.98 Å². The second-order valence-electron chi connectivity index (χ2n) is 5.85. The molecule has 1 saturated carbocycles. The second kappa shape index (κ2) is 6.23. The molecule has 1 aromatic heterocycles. The van der Waals surface area contributed by atoms with Crippen molar-refractivity contribution in [3.63, 3.8) is 0 Å². The van der Waals surface area contributed by atoms with Crippen molar-refractivity contribution < 1.29 is 0 Å². The molecule has 0 bridgehead atoms. The first-order valence-corrected chi connectivity index (χ1v) is 8.68. The van der Waals surface area contributed by atoms with Gasteiger partial charge in [-0.2, -0.15) is 0 Å². The van der Waals surface area contributed by atoms with Crippen molar-refractivity contribution in [2.45, 2.75) is 58.0 Å². The number of nitrogens with zero attached hydrogens (tertiary/aromatic N) is 2. The first-order valence-electron chi connectivity index (χ1n) is 7.80. The van der Waals surface area contributed by atoms with Gasteiger partial charge in [0.1, 0.15) is 0 Å². The molecule has 2 atom stereocenters. The molecule has 0 amide bonds. The van der Waals surface area contributed by atoms with Crippen molar-refractivity contribution in [3.8, 4) is 0 Å². The summed E-state index contributed by atoms with van der Waals surface area (Å²) in [7, 11) is 0. The highest BCUT2D eigenvalue weighted by Crippen LogP contribution is 2.38. The Morgan fingerprint density at radius 3 is 3.05 bits per heavy atom. The van der Waals surface area contributed by atoms with Gasteiger partial charge in [0.25, 0.3) is 0 Å². The molecule has 1 aliphatic carbocycles. The van der Waals surface area contributed by atoms with Crippen LogP contribution < -0.4 is 10.2 Å². The average Bonchev–Trinajstić information content (AvgIpc) is 2.93. The Balaban J connectivity index is 1.70. The quantitative estimate of drug-likeness (QED) is 0.915. The van der Waals surface area contributed by atoms with Gasteiger partial charge in [-0.25, -0.2) is 4.98 Å². The molecule has 2 heterocycles. The van der Waals surface area contributed by atoms with Crippen LogP contribution in [0.3, 0.4) is 0 Å². The maximum atomic E-state index is 4.84. The fourth-order valence-electron chi connectivity index (χ4n) is 3.62. The van der Waals surface area contributed by atoms with E-state index in [1.54, 1.807) is 0 Å². The van der Waals surface area contributed by atoms with Crippen LogP contribution in [-0.4, -0.2) is 24.1 Å². The van der Waals surface area contributed by atoms with E-state index < -0.39 is 0 Å². The van der Waals surface area contributed by atoms with Crippen molar-refractivity contribution >= 4 is 16.5 Å². The third kappa shape index (κ3) is 2.95. The van der Waals surface area contributed by atoms with Gasteiger partial charge >= 0.3 is 0 Å². The summed E-state index contributed by atoms with van der Waals surface area (Å²) in [5, 5.41) is 6.86. The Kier molecular flexibility index (Phi) is 4.38. The summed E-state index contributed by atoms with van der Waals surface area (Å²) in [6.45, 7) is 5.29. The van der Waals surface area contributed by atoms with Gasteiger partial charge in [0.15, 0.2) is 5.13 Å². The molecule has 3 rings (SSSR count). The van der Waals surface area contributed by atoms with E-state index in [0.29, 0.717) is 0 Å². The molecule has 1 aliphatic heterocycles. The van der Waals surface area contributed by atoms with Gasteiger partial charge in [0, 0.05) is 24.5 Å². The Bertz CT molecular complexity index is 402. The zero-order valence-corrected chi connectivity index (χ0v) is 12.7. The summed E-state index contributed by atoms with van der Waals surface area (Å²) < 4.78 is 0. The second-order valence-corrected chi connectivity index (χ2v) is 6.69. The van der Waals surface area contributed by atoms with Crippen molar-refractivity contribution in [3.05, 3.63) is 11.1 Å². The molecular weight excluding hydrogens is 254 g/mol. The summed E-state index contributed by atoms with van der Waals surface area (Å²) in [5.74, 6) is 0.934. The van der Waals surface area contributed by atoms with Gasteiger partial charge in [0.05, 0.1) is 5.69 Å². The Morgan fingerprint density at radius 1 is 1.32 bits per heavy atom. The van der Waals surface area contributed by atoms with Gasteiger partial charge in [-0.3, -0.25) is 0 Å². The summed E-state index contributed by atoms with van der Waals surface area (Å²) >= 11 is 1.84. The molecule has 2 aliphatic rings. The molecule has 1 aromatic rings. The third-order valence-corrected chi connectivity index (χ3v) is 5.51. The average molecular weight is 279 g/mol. The lowest BCUT2D eigenvalue weighted by molar-refractivity contribution is 0.243. The highest BCUT2D eigenvalue weighted by molar-refractivity contribution is 7.13. The molecule has 2 fully saturated rings. The summed E-state index contributed by atoms with van der Waals surface area (Å²) in [4.78, 5) is 7.46. The number of anilines is 1. The third-order valence-electron chi connectivity index (χ3n) is 4.58. The minimum atomic E-state index is 0.778. The predicted octanol–water partition coefficient (Wildman–Crippen LogP) is 3.41. The maximum absolute atomic E-state index is 4.84. The highest BCUT2D eigenvalue weighted by Gasteiger charge is 2.34. The Morgan fingerprint density at radius 2 is 2.16 bits per heavy atom. The van der Waals surface area contributed by atoms with Gasteiger partial charge in [-0.1, -0.05) is 19.8 Å². The lowest BCUT2D eigenvalue weighted by atomic mass is 9.78. The van der Waals surface area contributed by atoms with E-state index in [2.05, 4.69) is 22.5 Å². The number of piperidine rings is 1. The standard InChI is InChI=1S/C15H25N3S/c1-2-16-10-13-11-19-15(17-13)18-9-5-7-12-6-3-4-8-14(12)18/h11-12,14,16H,2-10H2,1H3/t12-,14-/m1/s1. The monoisotopic (exact) mass is 279 g/mol. The lowest BCUT2D eigenvalue weighted by Gasteiger charge is -2.44. The minimum absolute atomic E-state index is 0.778. The SMILES string of the molecule is CCNCc1csc(N2CCC[C@H]3CCCC[C@H]32)n1. The van der Waals surface area contributed by atoms with Gasteiger partial charge < -0.3 is 10.2 Å². The molecule has 4 heteroatoms. The first-order chi connectivity index (χ1) is 9.38. The largest absolute Gasteiger partial charge is 0.345 e. The fourth-order valence-corrected chi connectivity index (χ4v) is 4.53. The van der Waals surface area contributed by atoms with Crippen LogP contribution in [0.5, 0.6) is 0 Å². The van der Waals surface area contributed by atoms with Gasteiger partial charge in [-0.15, -0.1) is 11.3 Å². The van der Waals surface area contributed by atoms with Crippen LogP contribution in [-0.2, 0) is 6.54 Å². The molecule has 1 N–H and O–H groups in total. The molecule has 0 spiro atoms. The molecule has 0 aromatic carbocycles. The number of rotatable bonds is 4. The van der Waals surface area contributed by atoms with Crippen molar-refractivity contribution in [1.29, 1.82) is 0 Å². The number of hydrogen-bond acceptors (Lipinski definition) is 4. The normalized spacial score (nSPS) is 27.3. The molecule has 3 nitrogen and oxygen atoms in total. The van der Waals surface area contributed by atoms with Crippen LogP contribution in [0.2, 0.25) is 0 Å². The molecule has 0 radical (unpaired) electrons. The van der Waals surface area contributed by atoms with Crippen LogP contribution in [0.25, 0.3) is 0 Å². The van der Waals surface area contributed by atoms with E-state index >= 15 is 0 Å². The van der Waals surface area contributed by atoms with Crippen LogP contribution >= 0.6 is 11.3 Å². The molecule has 106 valence electrons. The predicted molar refractivity (Wildman–Crippen MR) is 81.8 cm³/mol. The number of fused-ring (bicyclic) bond motifs is 1. The van der Waals surface area contributed by atoms with E-state index in [1.165, 1.54) is 55.9 Å². The maximum Gasteiger partial charge on any atom is 0.185 e. The number of aromatic nitrogens is 1. The van der Waals surface area contributed by atoms with E-state index in [0.717, 1.165) is 25.0 Å². The fraction of sp³-hybridized carbons (Fsp3) is 0.800. The van der Waals surface area contributed by atoms with Crippen LogP contribution in [0.15, 0.2) is 5.38 Å². The Labute approximate surface area is 120 Å². The first kappa shape index (κ1) is 13.4. The smallest absolute Gasteiger partial charge is 0.185 e. The van der Waals surface area contributed by atoms with Crippen LogP contribution in [0.4, 0.5) is 5.13 Å². The van der Waals surface area contributed by atoms with Crippen molar-refractivity contribution in [1.82, 2.24) is 10.3 Å². The zero-order chi connectivity index (χ0) is 13.1. The molecular formula is C15H25N3S. The minimum Gasteiger partial charge on any atom is -0.345 e. The molecule has 1 saturated heterocycles. The van der Waals surface area contributed by atoms with Crippen molar-refractivity contribution in [2.24, 2.45) is 5.92 Å². The highest BCUT2D eigenvalue weighted by atomic mass is 32.1. The Hall–Kier alpha value is -0.610. The summed E-state index contributed by atoms with van der Waals surface area (Å²) in [5.41, 5.74) is 1.21.